The van der Waals surface area contributed by atoms with Crippen molar-refractivity contribution in [3.8, 4) is 5.75 Å². The molecule has 0 aromatic heterocycles. The lowest BCUT2D eigenvalue weighted by molar-refractivity contribution is -0.119. The Morgan fingerprint density at radius 1 is 1.15 bits per heavy atom. The molecule has 1 fully saturated rings. The molecule has 0 atom stereocenters. The zero-order chi connectivity index (χ0) is 19.6. The molecule has 0 heterocycles. The van der Waals surface area contributed by atoms with E-state index in [0.29, 0.717) is 17.0 Å². The predicted molar refractivity (Wildman–Crippen MR) is 105 cm³/mol. The van der Waals surface area contributed by atoms with Gasteiger partial charge in [0.15, 0.2) is 0 Å². The number of nitrogens with zero attached hydrogens (tertiary/aromatic N) is 1. The third kappa shape index (κ3) is 4.42. The fourth-order valence-electron chi connectivity index (χ4n) is 2.80. The Kier molecular flexibility index (Phi) is 5.41. The maximum absolute atomic E-state index is 13.4. The number of aryl methyl sites for hydroxylation is 2. The summed E-state index contributed by atoms with van der Waals surface area (Å²) in [7, 11) is -2.36. The van der Waals surface area contributed by atoms with Gasteiger partial charge in [0.05, 0.1) is 17.7 Å². The van der Waals surface area contributed by atoms with Crippen molar-refractivity contribution in [3.63, 3.8) is 0 Å². The van der Waals surface area contributed by atoms with Crippen molar-refractivity contribution in [2.24, 2.45) is 0 Å². The standard InChI is InChI=1S/C20H24N2O4S/c1-14-4-5-15(2)19(12-14)27(24,25)22(13-20(23)21-16-6-7-16)17-8-10-18(26-3)11-9-17/h4-5,8-12,16H,6-7,13H2,1-3H3,(H,21,23). The summed E-state index contributed by atoms with van der Waals surface area (Å²) in [5, 5.41) is 2.86. The molecule has 1 aliphatic rings. The molecule has 2 aromatic carbocycles. The topological polar surface area (TPSA) is 75.7 Å². The molecule has 0 radical (unpaired) electrons. The van der Waals surface area contributed by atoms with E-state index in [1.807, 2.05) is 13.0 Å². The predicted octanol–water partition coefficient (Wildman–Crippen LogP) is 2.79. The summed E-state index contributed by atoms with van der Waals surface area (Å²) in [5.74, 6) is 0.312. The zero-order valence-corrected chi connectivity index (χ0v) is 16.5. The molecular weight excluding hydrogens is 364 g/mol. The summed E-state index contributed by atoms with van der Waals surface area (Å²) in [5.41, 5.74) is 1.90. The van der Waals surface area contributed by atoms with Gasteiger partial charge in [0.1, 0.15) is 12.3 Å². The Morgan fingerprint density at radius 2 is 1.81 bits per heavy atom. The first-order chi connectivity index (χ1) is 12.8. The van der Waals surface area contributed by atoms with Crippen LogP contribution < -0.4 is 14.4 Å². The lowest BCUT2D eigenvalue weighted by atomic mass is 10.2. The van der Waals surface area contributed by atoms with Crippen molar-refractivity contribution in [2.75, 3.05) is 18.0 Å². The van der Waals surface area contributed by atoms with Crippen LogP contribution in [0.5, 0.6) is 5.75 Å². The van der Waals surface area contributed by atoms with E-state index in [-0.39, 0.29) is 23.4 Å². The first-order valence-electron chi connectivity index (χ1n) is 8.84. The summed E-state index contributed by atoms with van der Waals surface area (Å²) in [6.45, 7) is 3.33. The quantitative estimate of drug-likeness (QED) is 0.791. The summed E-state index contributed by atoms with van der Waals surface area (Å²) < 4.78 is 33.1. The monoisotopic (exact) mass is 388 g/mol. The van der Waals surface area contributed by atoms with Gasteiger partial charge in [-0.1, -0.05) is 12.1 Å². The largest absolute Gasteiger partial charge is 0.497 e. The fourth-order valence-corrected chi connectivity index (χ4v) is 4.53. The molecule has 1 N–H and O–H groups in total. The molecule has 2 aromatic rings. The second-order valence-corrected chi connectivity index (χ2v) is 8.65. The van der Waals surface area contributed by atoms with Gasteiger partial charge < -0.3 is 10.1 Å². The van der Waals surface area contributed by atoms with Crippen LogP contribution >= 0.6 is 0 Å². The molecule has 6 nitrogen and oxygen atoms in total. The molecule has 27 heavy (non-hydrogen) atoms. The van der Waals surface area contributed by atoms with E-state index in [9.17, 15) is 13.2 Å². The molecule has 0 saturated heterocycles. The van der Waals surface area contributed by atoms with Gasteiger partial charge in [-0.05, 0) is 68.1 Å². The number of hydrogen-bond acceptors (Lipinski definition) is 4. The van der Waals surface area contributed by atoms with Crippen LogP contribution in [0.15, 0.2) is 47.4 Å². The maximum Gasteiger partial charge on any atom is 0.265 e. The Labute approximate surface area is 160 Å². The SMILES string of the molecule is COc1ccc(N(CC(=O)NC2CC2)S(=O)(=O)c2cc(C)ccc2C)cc1. The van der Waals surface area contributed by atoms with Crippen molar-refractivity contribution >= 4 is 21.6 Å². The molecule has 0 bridgehead atoms. The highest BCUT2D eigenvalue weighted by Gasteiger charge is 2.30. The number of nitrogens with one attached hydrogen (secondary N) is 1. The van der Waals surface area contributed by atoms with Crippen molar-refractivity contribution < 1.29 is 17.9 Å². The molecule has 1 aliphatic carbocycles. The van der Waals surface area contributed by atoms with Crippen molar-refractivity contribution in [2.45, 2.75) is 37.6 Å². The van der Waals surface area contributed by atoms with E-state index in [1.165, 1.54) is 0 Å². The summed E-state index contributed by atoms with van der Waals surface area (Å²) in [6.07, 6.45) is 1.88. The van der Waals surface area contributed by atoms with E-state index < -0.39 is 10.0 Å². The van der Waals surface area contributed by atoms with Crippen LogP contribution in [0.25, 0.3) is 0 Å². The van der Waals surface area contributed by atoms with E-state index in [4.69, 9.17) is 4.74 Å². The number of ether oxygens (including phenoxy) is 1. The number of amides is 1. The lowest BCUT2D eigenvalue weighted by Crippen LogP contribution is -2.41. The minimum atomic E-state index is -3.91. The van der Waals surface area contributed by atoms with Crippen molar-refractivity contribution in [3.05, 3.63) is 53.6 Å². The summed E-state index contributed by atoms with van der Waals surface area (Å²) in [6, 6.07) is 12.1. The Balaban J connectivity index is 2.00. The highest BCUT2D eigenvalue weighted by Crippen LogP contribution is 2.28. The normalized spacial score (nSPS) is 13.9. The molecule has 0 aliphatic heterocycles. The van der Waals surface area contributed by atoms with E-state index in [0.717, 1.165) is 22.7 Å². The smallest absolute Gasteiger partial charge is 0.265 e. The van der Waals surface area contributed by atoms with Gasteiger partial charge in [-0.15, -0.1) is 0 Å². The van der Waals surface area contributed by atoms with Crippen LogP contribution in [0, 0.1) is 13.8 Å². The van der Waals surface area contributed by atoms with Gasteiger partial charge in [-0.25, -0.2) is 8.42 Å². The average Bonchev–Trinajstić information content (AvgIpc) is 3.45. The third-order valence-corrected chi connectivity index (χ3v) is 6.42. The molecule has 0 unspecified atom stereocenters. The molecule has 0 spiro atoms. The Bertz CT molecular complexity index is 935. The number of hydrogen-bond donors (Lipinski definition) is 1. The van der Waals surface area contributed by atoms with Gasteiger partial charge in [0.25, 0.3) is 10.0 Å². The lowest BCUT2D eigenvalue weighted by Gasteiger charge is -2.25. The number of sulfonamides is 1. The van der Waals surface area contributed by atoms with Gasteiger partial charge >= 0.3 is 0 Å². The highest BCUT2D eigenvalue weighted by atomic mass is 32.2. The van der Waals surface area contributed by atoms with Crippen LogP contribution in [0.2, 0.25) is 0 Å². The van der Waals surface area contributed by atoms with Crippen molar-refractivity contribution in [1.29, 1.82) is 0 Å². The number of carbonyl (C=O) groups excluding carboxylic acids is 1. The van der Waals surface area contributed by atoms with Crippen LogP contribution in [0.4, 0.5) is 5.69 Å². The first kappa shape index (κ1) is 19.2. The van der Waals surface area contributed by atoms with E-state index in [2.05, 4.69) is 5.32 Å². The fraction of sp³-hybridized carbons (Fsp3) is 0.350. The van der Waals surface area contributed by atoms with Gasteiger partial charge in [-0.3, -0.25) is 9.10 Å². The summed E-state index contributed by atoms with van der Waals surface area (Å²) >= 11 is 0. The Hall–Kier alpha value is -2.54. The van der Waals surface area contributed by atoms with Gasteiger partial charge in [0.2, 0.25) is 5.91 Å². The molecule has 1 saturated carbocycles. The molecule has 144 valence electrons. The van der Waals surface area contributed by atoms with Crippen LogP contribution in [-0.2, 0) is 14.8 Å². The van der Waals surface area contributed by atoms with Crippen molar-refractivity contribution in [1.82, 2.24) is 5.32 Å². The number of benzene rings is 2. The average molecular weight is 388 g/mol. The molecule has 1 amide bonds. The number of methoxy groups -OCH3 is 1. The number of rotatable bonds is 7. The second-order valence-electron chi connectivity index (χ2n) is 6.82. The first-order valence-corrected chi connectivity index (χ1v) is 10.3. The zero-order valence-electron chi connectivity index (χ0n) is 15.7. The minimum Gasteiger partial charge on any atom is -0.497 e. The van der Waals surface area contributed by atoms with Gasteiger partial charge in [0, 0.05) is 6.04 Å². The number of anilines is 1. The Morgan fingerprint density at radius 3 is 2.41 bits per heavy atom. The molecule has 3 rings (SSSR count). The van der Waals surface area contributed by atoms with Crippen LogP contribution in [-0.4, -0.2) is 34.0 Å². The van der Waals surface area contributed by atoms with Crippen LogP contribution in [0.3, 0.4) is 0 Å². The van der Waals surface area contributed by atoms with E-state index in [1.54, 1.807) is 50.4 Å². The van der Waals surface area contributed by atoms with Gasteiger partial charge in [-0.2, -0.15) is 0 Å². The highest BCUT2D eigenvalue weighted by molar-refractivity contribution is 7.93. The summed E-state index contributed by atoms with van der Waals surface area (Å²) in [4.78, 5) is 12.6. The third-order valence-electron chi connectivity index (χ3n) is 4.50. The minimum absolute atomic E-state index is 0.165. The van der Waals surface area contributed by atoms with E-state index >= 15 is 0 Å². The van der Waals surface area contributed by atoms with Crippen LogP contribution in [0.1, 0.15) is 24.0 Å². The maximum atomic E-state index is 13.4. The molecular formula is C20H24N2O4S. The second kappa shape index (κ2) is 7.60. The number of carbonyl (C=O) groups is 1. The molecule has 7 heteroatoms.